The van der Waals surface area contributed by atoms with Crippen molar-refractivity contribution >= 4 is 17.2 Å². The summed E-state index contributed by atoms with van der Waals surface area (Å²) in [6.45, 7) is 2.82. The summed E-state index contributed by atoms with van der Waals surface area (Å²) in [6, 6.07) is 3.84. The predicted molar refractivity (Wildman–Crippen MR) is 75.3 cm³/mol. The second-order valence-corrected chi connectivity index (χ2v) is 5.81. The molecule has 1 aliphatic rings. The lowest BCUT2D eigenvalue weighted by molar-refractivity contribution is 0.0605. The number of carbonyl (C=O) groups is 1. The van der Waals surface area contributed by atoms with Crippen LogP contribution in [0.2, 0.25) is 0 Å². The maximum absolute atomic E-state index is 12.5. The smallest absolute Gasteiger partial charge is 0.270 e. The largest absolute Gasteiger partial charge is 0.357 e. The van der Waals surface area contributed by atoms with E-state index in [0.717, 1.165) is 36.5 Å². The van der Waals surface area contributed by atoms with Crippen molar-refractivity contribution in [3.05, 3.63) is 40.1 Å². The van der Waals surface area contributed by atoms with Crippen molar-refractivity contribution in [1.82, 2.24) is 14.9 Å². The molecule has 3 heterocycles. The summed E-state index contributed by atoms with van der Waals surface area (Å²) in [5, 5.41) is 3.12. The molecule has 0 spiro atoms. The lowest BCUT2D eigenvalue weighted by Gasteiger charge is -2.34. The Morgan fingerprint density at radius 1 is 1.53 bits per heavy atom. The summed E-state index contributed by atoms with van der Waals surface area (Å²) in [4.78, 5) is 22.1. The molecule has 0 aliphatic carbocycles. The van der Waals surface area contributed by atoms with Gasteiger partial charge in [-0.05, 0) is 38.3 Å². The fraction of sp³-hybridized carbons (Fsp3) is 0.429. The van der Waals surface area contributed by atoms with E-state index in [1.165, 1.54) is 0 Å². The topological polar surface area (TPSA) is 49.0 Å². The molecule has 2 aromatic heterocycles. The molecule has 0 saturated carbocycles. The molecule has 1 unspecified atom stereocenters. The number of thiazole rings is 1. The zero-order chi connectivity index (χ0) is 13.2. The molecule has 3 rings (SSSR count). The molecule has 1 saturated heterocycles. The van der Waals surface area contributed by atoms with E-state index in [2.05, 4.69) is 15.3 Å². The molecule has 0 radical (unpaired) electrons. The Kier molecular flexibility index (Phi) is 3.38. The predicted octanol–water partition coefficient (Wildman–Crippen LogP) is 3.15. The summed E-state index contributed by atoms with van der Waals surface area (Å²) in [5.74, 6) is 0.0857. The number of piperidine rings is 1. The first kappa shape index (κ1) is 12.4. The van der Waals surface area contributed by atoms with Crippen LogP contribution in [0.5, 0.6) is 0 Å². The maximum Gasteiger partial charge on any atom is 0.270 e. The van der Waals surface area contributed by atoms with Crippen LogP contribution in [0.15, 0.2) is 23.7 Å². The molecule has 1 N–H and O–H groups in total. The highest BCUT2D eigenvalue weighted by atomic mass is 32.1. The van der Waals surface area contributed by atoms with E-state index in [-0.39, 0.29) is 11.9 Å². The fourth-order valence-electron chi connectivity index (χ4n) is 2.57. The first-order valence-corrected chi connectivity index (χ1v) is 7.50. The van der Waals surface area contributed by atoms with Crippen LogP contribution in [0.3, 0.4) is 0 Å². The fourth-order valence-corrected chi connectivity index (χ4v) is 3.52. The number of H-pyrrole nitrogens is 1. The number of carbonyl (C=O) groups excluding carboxylic acids is 1. The van der Waals surface area contributed by atoms with E-state index < -0.39 is 0 Å². The van der Waals surface area contributed by atoms with Gasteiger partial charge in [0.05, 0.1) is 6.04 Å². The Morgan fingerprint density at radius 3 is 3.11 bits per heavy atom. The van der Waals surface area contributed by atoms with Crippen LogP contribution < -0.4 is 0 Å². The van der Waals surface area contributed by atoms with Crippen molar-refractivity contribution in [2.75, 3.05) is 6.54 Å². The number of hydrogen-bond donors (Lipinski definition) is 1. The van der Waals surface area contributed by atoms with Crippen LogP contribution in [0, 0.1) is 6.92 Å². The van der Waals surface area contributed by atoms with E-state index in [9.17, 15) is 4.79 Å². The number of aromatic nitrogens is 2. The third-order valence-electron chi connectivity index (χ3n) is 3.51. The Morgan fingerprint density at radius 2 is 2.42 bits per heavy atom. The minimum atomic E-state index is 0.0857. The average molecular weight is 275 g/mol. The monoisotopic (exact) mass is 275 g/mol. The number of aromatic amines is 1. The molecule has 5 heteroatoms. The maximum atomic E-state index is 12.5. The molecule has 1 atom stereocenters. The summed E-state index contributed by atoms with van der Waals surface area (Å²) in [6.07, 6.45) is 5.05. The van der Waals surface area contributed by atoms with Gasteiger partial charge >= 0.3 is 0 Å². The number of hydrogen-bond acceptors (Lipinski definition) is 3. The first-order valence-electron chi connectivity index (χ1n) is 6.62. The van der Waals surface area contributed by atoms with Gasteiger partial charge in [-0.25, -0.2) is 4.98 Å². The van der Waals surface area contributed by atoms with Gasteiger partial charge in [0, 0.05) is 23.8 Å². The van der Waals surface area contributed by atoms with Crippen molar-refractivity contribution in [2.45, 2.75) is 32.2 Å². The Bertz CT molecular complexity index is 561. The van der Waals surface area contributed by atoms with E-state index in [1.807, 2.05) is 24.0 Å². The van der Waals surface area contributed by atoms with Gasteiger partial charge in [-0.1, -0.05) is 0 Å². The number of nitrogens with zero attached hydrogens (tertiary/aromatic N) is 2. The number of rotatable bonds is 2. The Balaban J connectivity index is 1.87. The average Bonchev–Trinajstić information content (AvgIpc) is 3.09. The summed E-state index contributed by atoms with van der Waals surface area (Å²) in [7, 11) is 0. The normalized spacial score (nSPS) is 19.6. The highest BCUT2D eigenvalue weighted by molar-refractivity contribution is 7.09. The molecule has 4 nitrogen and oxygen atoms in total. The van der Waals surface area contributed by atoms with Gasteiger partial charge in [0.15, 0.2) is 0 Å². The molecule has 1 amide bonds. The number of amides is 1. The van der Waals surface area contributed by atoms with Gasteiger partial charge in [0.25, 0.3) is 5.91 Å². The molecule has 1 fully saturated rings. The second-order valence-electron chi connectivity index (χ2n) is 4.92. The number of likely N-dealkylation sites (tertiary alicyclic amines) is 1. The second kappa shape index (κ2) is 5.17. The van der Waals surface area contributed by atoms with Crippen LogP contribution in [-0.4, -0.2) is 27.3 Å². The number of aryl methyl sites for hydroxylation is 1. The van der Waals surface area contributed by atoms with Crippen LogP contribution >= 0.6 is 11.3 Å². The molecule has 100 valence electrons. The van der Waals surface area contributed by atoms with Gasteiger partial charge < -0.3 is 9.88 Å². The lowest BCUT2D eigenvalue weighted by atomic mass is 10.0. The zero-order valence-corrected chi connectivity index (χ0v) is 11.7. The van der Waals surface area contributed by atoms with E-state index >= 15 is 0 Å². The van der Waals surface area contributed by atoms with Gasteiger partial charge in [-0.2, -0.15) is 0 Å². The van der Waals surface area contributed by atoms with Gasteiger partial charge in [0.2, 0.25) is 0 Å². The summed E-state index contributed by atoms with van der Waals surface area (Å²) < 4.78 is 0. The van der Waals surface area contributed by atoms with Crippen LogP contribution in [0.25, 0.3) is 0 Å². The standard InChI is InChI=1S/C14H17N3OS/c1-10-9-19-13(16-10)12-6-2-3-8-17(12)14(18)11-5-4-7-15-11/h4-5,7,9,12,15H,2-3,6,8H2,1H3. The minimum Gasteiger partial charge on any atom is -0.357 e. The van der Waals surface area contributed by atoms with E-state index in [0.29, 0.717) is 5.69 Å². The third-order valence-corrected chi connectivity index (χ3v) is 4.58. The van der Waals surface area contributed by atoms with Crippen molar-refractivity contribution < 1.29 is 4.79 Å². The van der Waals surface area contributed by atoms with Crippen LogP contribution in [-0.2, 0) is 0 Å². The van der Waals surface area contributed by atoms with Crippen LogP contribution in [0.4, 0.5) is 0 Å². The Hall–Kier alpha value is -1.62. The molecule has 0 bridgehead atoms. The molecule has 19 heavy (non-hydrogen) atoms. The quantitative estimate of drug-likeness (QED) is 0.915. The third kappa shape index (κ3) is 2.42. The van der Waals surface area contributed by atoms with Gasteiger partial charge in [-0.3, -0.25) is 4.79 Å². The van der Waals surface area contributed by atoms with Gasteiger partial charge in [-0.15, -0.1) is 11.3 Å². The first-order chi connectivity index (χ1) is 9.25. The van der Waals surface area contributed by atoms with Crippen molar-refractivity contribution in [3.63, 3.8) is 0 Å². The van der Waals surface area contributed by atoms with Crippen molar-refractivity contribution in [2.24, 2.45) is 0 Å². The highest BCUT2D eigenvalue weighted by Crippen LogP contribution is 2.33. The van der Waals surface area contributed by atoms with E-state index in [4.69, 9.17) is 0 Å². The Labute approximate surface area is 116 Å². The van der Waals surface area contributed by atoms with E-state index in [1.54, 1.807) is 17.5 Å². The minimum absolute atomic E-state index is 0.0857. The molecule has 2 aromatic rings. The summed E-state index contributed by atoms with van der Waals surface area (Å²) >= 11 is 1.66. The molecule has 0 aromatic carbocycles. The SMILES string of the molecule is Cc1csc(C2CCCCN2C(=O)c2ccc[nH]2)n1. The van der Waals surface area contributed by atoms with Crippen molar-refractivity contribution in [3.8, 4) is 0 Å². The zero-order valence-electron chi connectivity index (χ0n) is 10.9. The van der Waals surface area contributed by atoms with Crippen LogP contribution in [0.1, 0.15) is 46.5 Å². The lowest BCUT2D eigenvalue weighted by Crippen LogP contribution is -2.38. The highest BCUT2D eigenvalue weighted by Gasteiger charge is 2.30. The van der Waals surface area contributed by atoms with Crippen molar-refractivity contribution in [1.29, 1.82) is 0 Å². The molecular weight excluding hydrogens is 258 g/mol. The molecule has 1 aliphatic heterocycles. The summed E-state index contributed by atoms with van der Waals surface area (Å²) in [5.41, 5.74) is 1.71. The number of nitrogens with one attached hydrogen (secondary N) is 1. The molecular formula is C14H17N3OS. The van der Waals surface area contributed by atoms with Gasteiger partial charge in [0.1, 0.15) is 10.7 Å².